The molecule has 0 saturated heterocycles. The van der Waals surface area contributed by atoms with Gasteiger partial charge in [0.1, 0.15) is 11.6 Å². The van der Waals surface area contributed by atoms with Crippen LogP contribution in [0.3, 0.4) is 0 Å². The molecule has 0 atom stereocenters. The second-order valence-electron chi connectivity index (χ2n) is 2.74. The molecule has 0 aliphatic heterocycles. The maximum atomic E-state index is 12.9. The summed E-state index contributed by atoms with van der Waals surface area (Å²) in [6.07, 6.45) is 0. The van der Waals surface area contributed by atoms with Gasteiger partial charge in [-0.15, -0.1) is 0 Å². The highest BCUT2D eigenvalue weighted by atomic mass is 19.1. The van der Waals surface area contributed by atoms with Crippen LogP contribution >= 0.6 is 0 Å². The quantitative estimate of drug-likeness (QED) is 0.600. The van der Waals surface area contributed by atoms with Gasteiger partial charge in [0.05, 0.1) is 5.56 Å². The zero-order valence-corrected chi connectivity index (χ0v) is 8.20. The van der Waals surface area contributed by atoms with Crippen molar-refractivity contribution in [3.63, 3.8) is 0 Å². The second kappa shape index (κ2) is 5.31. The molecular formula is C10H11FO4. The number of carboxylic acids is 1. The zero-order chi connectivity index (χ0) is 11.3. The van der Waals surface area contributed by atoms with Crippen molar-refractivity contribution in [2.45, 2.75) is 6.92 Å². The molecule has 0 amide bonds. The zero-order valence-electron chi connectivity index (χ0n) is 8.20. The topological polar surface area (TPSA) is 55.8 Å². The number of aromatic carboxylic acids is 1. The lowest BCUT2D eigenvalue weighted by atomic mass is 10.2. The molecule has 1 N–H and O–H groups in total. The Morgan fingerprint density at radius 3 is 2.80 bits per heavy atom. The molecule has 0 aromatic heterocycles. The first kappa shape index (κ1) is 11.5. The SMILES string of the molecule is CCOCOc1cc(F)cc(C(=O)O)c1. The summed E-state index contributed by atoms with van der Waals surface area (Å²) in [6.45, 7) is 2.23. The summed E-state index contributed by atoms with van der Waals surface area (Å²) in [4.78, 5) is 10.6. The summed E-state index contributed by atoms with van der Waals surface area (Å²) >= 11 is 0. The molecule has 0 aliphatic carbocycles. The highest BCUT2D eigenvalue weighted by molar-refractivity contribution is 5.88. The largest absolute Gasteiger partial charge is 0.478 e. The minimum Gasteiger partial charge on any atom is -0.478 e. The van der Waals surface area contributed by atoms with Crippen LogP contribution in [-0.2, 0) is 4.74 Å². The lowest BCUT2D eigenvalue weighted by molar-refractivity contribution is 0.0221. The van der Waals surface area contributed by atoms with E-state index < -0.39 is 11.8 Å². The van der Waals surface area contributed by atoms with Gasteiger partial charge in [0.25, 0.3) is 0 Å². The predicted molar refractivity (Wildman–Crippen MR) is 50.5 cm³/mol. The first-order valence-electron chi connectivity index (χ1n) is 4.38. The maximum Gasteiger partial charge on any atom is 0.335 e. The van der Waals surface area contributed by atoms with E-state index in [0.717, 1.165) is 12.1 Å². The number of rotatable bonds is 5. The third-order valence-electron chi connectivity index (χ3n) is 1.63. The van der Waals surface area contributed by atoms with Gasteiger partial charge in [-0.2, -0.15) is 0 Å². The molecule has 4 nitrogen and oxygen atoms in total. The minimum absolute atomic E-state index is 0.0288. The summed E-state index contributed by atoms with van der Waals surface area (Å²) in [5.41, 5.74) is -0.151. The number of halogens is 1. The van der Waals surface area contributed by atoms with E-state index in [2.05, 4.69) is 0 Å². The van der Waals surface area contributed by atoms with E-state index in [1.807, 2.05) is 0 Å². The van der Waals surface area contributed by atoms with Gasteiger partial charge in [-0.25, -0.2) is 9.18 Å². The standard InChI is InChI=1S/C10H11FO4/c1-2-14-6-15-9-4-7(10(12)13)3-8(11)5-9/h3-5H,2,6H2,1H3,(H,12,13). The number of hydrogen-bond donors (Lipinski definition) is 1. The Bertz CT molecular complexity index is 351. The number of carboxylic acid groups (broad SMARTS) is 1. The number of ether oxygens (including phenoxy) is 2. The van der Waals surface area contributed by atoms with E-state index in [1.165, 1.54) is 6.07 Å². The van der Waals surface area contributed by atoms with Crippen molar-refractivity contribution in [2.24, 2.45) is 0 Å². The molecule has 1 rings (SSSR count). The van der Waals surface area contributed by atoms with E-state index in [9.17, 15) is 9.18 Å². The van der Waals surface area contributed by atoms with E-state index in [1.54, 1.807) is 6.92 Å². The fourth-order valence-electron chi connectivity index (χ4n) is 0.963. The first-order valence-corrected chi connectivity index (χ1v) is 4.38. The van der Waals surface area contributed by atoms with Crippen LogP contribution in [-0.4, -0.2) is 24.5 Å². The highest BCUT2D eigenvalue weighted by Gasteiger charge is 2.07. The summed E-state index contributed by atoms with van der Waals surface area (Å²) < 4.78 is 22.8. The van der Waals surface area contributed by atoms with Crippen LogP contribution in [0.2, 0.25) is 0 Å². The molecule has 0 aliphatic rings. The van der Waals surface area contributed by atoms with Crippen molar-refractivity contribution in [3.05, 3.63) is 29.6 Å². The summed E-state index contributed by atoms with van der Waals surface area (Å²) in [5.74, 6) is -1.71. The van der Waals surface area contributed by atoms with Gasteiger partial charge >= 0.3 is 5.97 Å². The molecule has 1 aromatic rings. The normalized spacial score (nSPS) is 10.0. The van der Waals surface area contributed by atoms with Crippen LogP contribution in [0.25, 0.3) is 0 Å². The Morgan fingerprint density at radius 1 is 1.47 bits per heavy atom. The van der Waals surface area contributed by atoms with Crippen molar-refractivity contribution >= 4 is 5.97 Å². The lowest BCUT2D eigenvalue weighted by Gasteiger charge is -2.06. The molecule has 0 unspecified atom stereocenters. The van der Waals surface area contributed by atoms with Crippen LogP contribution in [0.15, 0.2) is 18.2 Å². The molecule has 82 valence electrons. The molecule has 0 saturated carbocycles. The third-order valence-corrected chi connectivity index (χ3v) is 1.63. The summed E-state index contributed by atoms with van der Waals surface area (Å²) in [6, 6.07) is 3.27. The van der Waals surface area contributed by atoms with Crippen molar-refractivity contribution in [1.29, 1.82) is 0 Å². The van der Waals surface area contributed by atoms with Gasteiger partial charge in [0, 0.05) is 12.7 Å². The Morgan fingerprint density at radius 2 is 2.20 bits per heavy atom. The fraction of sp³-hybridized carbons (Fsp3) is 0.300. The Labute approximate surface area is 86.2 Å². The summed E-state index contributed by atoms with van der Waals surface area (Å²) in [5, 5.41) is 8.65. The monoisotopic (exact) mass is 214 g/mol. The second-order valence-corrected chi connectivity index (χ2v) is 2.74. The summed E-state index contributed by atoms with van der Waals surface area (Å²) in [7, 11) is 0. The molecule has 15 heavy (non-hydrogen) atoms. The fourth-order valence-corrected chi connectivity index (χ4v) is 0.963. The number of hydrogen-bond acceptors (Lipinski definition) is 3. The lowest BCUT2D eigenvalue weighted by Crippen LogP contribution is -2.04. The number of benzene rings is 1. The van der Waals surface area contributed by atoms with E-state index in [-0.39, 0.29) is 18.1 Å². The highest BCUT2D eigenvalue weighted by Crippen LogP contribution is 2.16. The van der Waals surface area contributed by atoms with Crippen molar-refractivity contribution in [2.75, 3.05) is 13.4 Å². The van der Waals surface area contributed by atoms with Gasteiger partial charge in [0.15, 0.2) is 6.79 Å². The van der Waals surface area contributed by atoms with Gasteiger partial charge in [-0.1, -0.05) is 0 Å². The van der Waals surface area contributed by atoms with Crippen LogP contribution in [0.1, 0.15) is 17.3 Å². The number of carbonyl (C=O) groups is 1. The Hall–Kier alpha value is -1.62. The third kappa shape index (κ3) is 3.55. The first-order chi connectivity index (χ1) is 7.13. The molecule has 0 bridgehead atoms. The average molecular weight is 214 g/mol. The average Bonchev–Trinajstić information content (AvgIpc) is 2.17. The van der Waals surface area contributed by atoms with Crippen molar-refractivity contribution in [1.82, 2.24) is 0 Å². The van der Waals surface area contributed by atoms with E-state index in [0.29, 0.717) is 6.61 Å². The van der Waals surface area contributed by atoms with Gasteiger partial charge < -0.3 is 14.6 Å². The maximum absolute atomic E-state index is 12.9. The van der Waals surface area contributed by atoms with Gasteiger partial charge in [0.2, 0.25) is 0 Å². The van der Waals surface area contributed by atoms with Crippen LogP contribution < -0.4 is 4.74 Å². The molecule has 5 heteroatoms. The van der Waals surface area contributed by atoms with E-state index >= 15 is 0 Å². The Balaban J connectivity index is 2.75. The van der Waals surface area contributed by atoms with Gasteiger partial charge in [-0.05, 0) is 19.1 Å². The van der Waals surface area contributed by atoms with Crippen LogP contribution in [0.4, 0.5) is 4.39 Å². The predicted octanol–water partition coefficient (Wildman–Crippen LogP) is 1.90. The molecule has 0 fully saturated rings. The van der Waals surface area contributed by atoms with Crippen molar-refractivity contribution < 1.29 is 23.8 Å². The molecule has 1 aromatic carbocycles. The van der Waals surface area contributed by atoms with Crippen LogP contribution in [0, 0.1) is 5.82 Å². The molecular weight excluding hydrogens is 203 g/mol. The van der Waals surface area contributed by atoms with E-state index in [4.69, 9.17) is 14.6 Å². The molecule has 0 spiro atoms. The minimum atomic E-state index is -1.20. The van der Waals surface area contributed by atoms with Crippen LogP contribution in [0.5, 0.6) is 5.75 Å². The van der Waals surface area contributed by atoms with Crippen molar-refractivity contribution in [3.8, 4) is 5.75 Å². The van der Waals surface area contributed by atoms with Gasteiger partial charge in [-0.3, -0.25) is 0 Å². The smallest absolute Gasteiger partial charge is 0.335 e. The molecule has 0 radical (unpaired) electrons. The Kier molecular flexibility index (Phi) is 4.05. The molecule has 0 heterocycles.